The summed E-state index contributed by atoms with van der Waals surface area (Å²) >= 11 is 7.33. The van der Waals surface area contributed by atoms with Crippen molar-refractivity contribution in [3.05, 3.63) is 21.3 Å². The fourth-order valence-corrected chi connectivity index (χ4v) is 2.87. The Morgan fingerprint density at radius 1 is 1.62 bits per heavy atom. The van der Waals surface area contributed by atoms with Crippen LogP contribution in [0.5, 0.6) is 0 Å². The van der Waals surface area contributed by atoms with Crippen LogP contribution in [-0.2, 0) is 11.3 Å². The Hall–Kier alpha value is -0.580. The molecule has 0 bridgehead atoms. The van der Waals surface area contributed by atoms with Crippen LogP contribution in [-0.4, -0.2) is 19.0 Å². The molecular weight excluding hydrogens is 244 g/mol. The molecule has 1 aliphatic heterocycles. The molecule has 2 rings (SSSR count). The molecule has 88 valence electrons. The first-order valence-corrected chi connectivity index (χ1v) is 6.68. The zero-order valence-electron chi connectivity index (χ0n) is 8.96. The van der Waals surface area contributed by atoms with E-state index in [4.69, 9.17) is 11.6 Å². The number of halogens is 1. The van der Waals surface area contributed by atoms with Gasteiger partial charge in [0.05, 0.1) is 16.8 Å². The standard InChI is InChI=1S/C11H15ClN2OS/c12-10-4-3-9(16-10)7-14-11(15)8-2-1-5-13-6-8/h3-4,8,13H,1-2,5-7H2,(H,14,15)/t8-/m0/s1. The maximum Gasteiger partial charge on any atom is 0.224 e. The fourth-order valence-electron chi connectivity index (χ4n) is 1.84. The molecule has 1 fully saturated rings. The number of piperidine rings is 1. The topological polar surface area (TPSA) is 41.1 Å². The first-order valence-electron chi connectivity index (χ1n) is 5.48. The molecule has 2 N–H and O–H groups in total. The number of thiophene rings is 1. The van der Waals surface area contributed by atoms with Crippen molar-refractivity contribution >= 4 is 28.8 Å². The van der Waals surface area contributed by atoms with Gasteiger partial charge in [0.15, 0.2) is 0 Å². The van der Waals surface area contributed by atoms with Crippen LogP contribution in [0.15, 0.2) is 12.1 Å². The summed E-state index contributed by atoms with van der Waals surface area (Å²) in [6.07, 6.45) is 2.08. The third kappa shape index (κ3) is 3.20. The van der Waals surface area contributed by atoms with Gasteiger partial charge in [-0.3, -0.25) is 4.79 Å². The molecule has 0 saturated carbocycles. The molecule has 2 heterocycles. The highest BCUT2D eigenvalue weighted by atomic mass is 35.5. The second-order valence-corrected chi connectivity index (χ2v) is 5.77. The van der Waals surface area contributed by atoms with E-state index in [-0.39, 0.29) is 11.8 Å². The van der Waals surface area contributed by atoms with Crippen LogP contribution in [0.4, 0.5) is 0 Å². The van der Waals surface area contributed by atoms with Crippen molar-refractivity contribution in [2.75, 3.05) is 13.1 Å². The molecule has 1 atom stereocenters. The largest absolute Gasteiger partial charge is 0.351 e. The number of rotatable bonds is 3. The normalized spacial score (nSPS) is 20.7. The highest BCUT2D eigenvalue weighted by Gasteiger charge is 2.20. The molecule has 1 saturated heterocycles. The molecule has 0 aliphatic carbocycles. The summed E-state index contributed by atoms with van der Waals surface area (Å²) < 4.78 is 0.767. The van der Waals surface area contributed by atoms with Gasteiger partial charge in [-0.15, -0.1) is 11.3 Å². The zero-order chi connectivity index (χ0) is 11.4. The maximum atomic E-state index is 11.8. The minimum atomic E-state index is 0.129. The molecular formula is C11H15ClN2OS. The van der Waals surface area contributed by atoms with Crippen LogP contribution in [0.25, 0.3) is 0 Å². The van der Waals surface area contributed by atoms with Crippen molar-refractivity contribution in [2.45, 2.75) is 19.4 Å². The van der Waals surface area contributed by atoms with Gasteiger partial charge in [-0.05, 0) is 31.5 Å². The lowest BCUT2D eigenvalue weighted by Gasteiger charge is -2.21. The van der Waals surface area contributed by atoms with Crippen LogP contribution < -0.4 is 10.6 Å². The van der Waals surface area contributed by atoms with Gasteiger partial charge in [-0.1, -0.05) is 11.6 Å². The molecule has 1 amide bonds. The summed E-state index contributed by atoms with van der Waals surface area (Å²) in [5.41, 5.74) is 0. The van der Waals surface area contributed by atoms with Crippen LogP contribution in [0.1, 0.15) is 17.7 Å². The lowest BCUT2D eigenvalue weighted by Crippen LogP contribution is -2.40. The molecule has 16 heavy (non-hydrogen) atoms. The van der Waals surface area contributed by atoms with Crippen molar-refractivity contribution in [1.82, 2.24) is 10.6 Å². The SMILES string of the molecule is O=C(NCc1ccc(Cl)s1)[C@H]1CCCNC1. The Balaban J connectivity index is 1.78. The number of carbonyl (C=O) groups excluding carboxylic acids is 1. The average molecular weight is 259 g/mol. The highest BCUT2D eigenvalue weighted by molar-refractivity contribution is 7.16. The zero-order valence-corrected chi connectivity index (χ0v) is 10.5. The molecule has 0 spiro atoms. The number of amides is 1. The molecule has 1 aromatic heterocycles. The Morgan fingerprint density at radius 3 is 3.12 bits per heavy atom. The fraction of sp³-hybridized carbons (Fsp3) is 0.545. The number of carbonyl (C=O) groups is 1. The molecule has 0 radical (unpaired) electrons. The van der Waals surface area contributed by atoms with E-state index < -0.39 is 0 Å². The third-order valence-corrected chi connectivity index (χ3v) is 3.96. The van der Waals surface area contributed by atoms with Gasteiger partial charge in [0.2, 0.25) is 5.91 Å². The monoisotopic (exact) mass is 258 g/mol. The van der Waals surface area contributed by atoms with E-state index in [2.05, 4.69) is 10.6 Å². The van der Waals surface area contributed by atoms with Crippen molar-refractivity contribution in [3.8, 4) is 0 Å². The van der Waals surface area contributed by atoms with E-state index in [1.807, 2.05) is 12.1 Å². The molecule has 0 aromatic carbocycles. The number of hydrogen-bond acceptors (Lipinski definition) is 3. The molecule has 0 unspecified atom stereocenters. The smallest absolute Gasteiger partial charge is 0.224 e. The maximum absolute atomic E-state index is 11.8. The molecule has 3 nitrogen and oxygen atoms in total. The molecule has 1 aliphatic rings. The van der Waals surface area contributed by atoms with Crippen LogP contribution in [0.3, 0.4) is 0 Å². The van der Waals surface area contributed by atoms with E-state index in [1.54, 1.807) is 0 Å². The summed E-state index contributed by atoms with van der Waals surface area (Å²) in [7, 11) is 0. The quantitative estimate of drug-likeness (QED) is 0.871. The van der Waals surface area contributed by atoms with E-state index in [0.29, 0.717) is 6.54 Å². The Labute approximate surface area is 104 Å². The van der Waals surface area contributed by atoms with Crippen LogP contribution in [0, 0.1) is 5.92 Å². The summed E-state index contributed by atoms with van der Waals surface area (Å²) in [5, 5.41) is 6.19. The number of hydrogen-bond donors (Lipinski definition) is 2. The van der Waals surface area contributed by atoms with Crippen LogP contribution >= 0.6 is 22.9 Å². The van der Waals surface area contributed by atoms with Gasteiger partial charge in [0.1, 0.15) is 0 Å². The first kappa shape index (κ1) is 11.9. The third-order valence-electron chi connectivity index (χ3n) is 2.73. The van der Waals surface area contributed by atoms with E-state index in [9.17, 15) is 4.79 Å². The van der Waals surface area contributed by atoms with Gasteiger partial charge >= 0.3 is 0 Å². The summed E-state index contributed by atoms with van der Waals surface area (Å²) in [6.45, 7) is 2.42. The lowest BCUT2D eigenvalue weighted by molar-refractivity contribution is -0.125. The summed E-state index contributed by atoms with van der Waals surface area (Å²) in [5.74, 6) is 0.279. The Morgan fingerprint density at radius 2 is 2.50 bits per heavy atom. The molecule has 1 aromatic rings. The Kier molecular flexibility index (Phi) is 4.21. The summed E-state index contributed by atoms with van der Waals surface area (Å²) in [4.78, 5) is 12.9. The predicted molar refractivity (Wildman–Crippen MR) is 66.8 cm³/mol. The van der Waals surface area contributed by atoms with Gasteiger partial charge in [0.25, 0.3) is 0 Å². The lowest BCUT2D eigenvalue weighted by atomic mass is 9.99. The second-order valence-electron chi connectivity index (χ2n) is 3.97. The van der Waals surface area contributed by atoms with Gasteiger partial charge < -0.3 is 10.6 Å². The highest BCUT2D eigenvalue weighted by Crippen LogP contribution is 2.21. The average Bonchev–Trinajstić information content (AvgIpc) is 2.73. The van der Waals surface area contributed by atoms with Crippen molar-refractivity contribution in [2.24, 2.45) is 5.92 Å². The minimum absolute atomic E-state index is 0.129. The van der Waals surface area contributed by atoms with E-state index in [0.717, 1.165) is 35.1 Å². The van der Waals surface area contributed by atoms with Crippen LogP contribution in [0.2, 0.25) is 4.34 Å². The van der Waals surface area contributed by atoms with E-state index in [1.165, 1.54) is 11.3 Å². The predicted octanol–water partition coefficient (Wildman–Crippen LogP) is 2.02. The van der Waals surface area contributed by atoms with Crippen molar-refractivity contribution in [3.63, 3.8) is 0 Å². The van der Waals surface area contributed by atoms with Crippen molar-refractivity contribution < 1.29 is 4.79 Å². The Bertz CT molecular complexity index is 361. The summed E-state index contributed by atoms with van der Waals surface area (Å²) in [6, 6.07) is 3.81. The molecule has 5 heteroatoms. The first-order chi connectivity index (χ1) is 7.75. The second kappa shape index (κ2) is 5.66. The van der Waals surface area contributed by atoms with Gasteiger partial charge in [-0.25, -0.2) is 0 Å². The van der Waals surface area contributed by atoms with Gasteiger partial charge in [-0.2, -0.15) is 0 Å². The number of nitrogens with one attached hydrogen (secondary N) is 2. The van der Waals surface area contributed by atoms with E-state index >= 15 is 0 Å². The van der Waals surface area contributed by atoms with Gasteiger partial charge in [0, 0.05) is 11.4 Å². The minimum Gasteiger partial charge on any atom is -0.351 e. The van der Waals surface area contributed by atoms with Crippen molar-refractivity contribution in [1.29, 1.82) is 0 Å².